The Kier molecular flexibility index (Phi) is 4.30. The van der Waals surface area contributed by atoms with Crippen LogP contribution in [0.4, 0.5) is 9.18 Å². The largest absolute Gasteiger partial charge is 0.478 e. The van der Waals surface area contributed by atoms with Gasteiger partial charge in [0.1, 0.15) is 11.5 Å². The molecule has 1 aliphatic rings. The van der Waals surface area contributed by atoms with Crippen LogP contribution in [-0.4, -0.2) is 27.9 Å². The fourth-order valence-electron chi connectivity index (χ4n) is 2.38. The fourth-order valence-corrected chi connectivity index (χ4v) is 2.38. The lowest BCUT2D eigenvalue weighted by atomic mass is 10.1. The summed E-state index contributed by atoms with van der Waals surface area (Å²) in [6, 6.07) is 10.9. The van der Waals surface area contributed by atoms with Crippen LogP contribution in [0.25, 0.3) is 6.08 Å². The summed E-state index contributed by atoms with van der Waals surface area (Å²) in [6.45, 7) is 0.0280. The molecule has 0 aromatic heterocycles. The molecule has 3 amide bonds. The van der Waals surface area contributed by atoms with Gasteiger partial charge in [-0.1, -0.05) is 24.3 Å². The average Bonchev–Trinajstić information content (AvgIpc) is 2.85. The molecule has 0 spiro atoms. The first-order chi connectivity index (χ1) is 11.9. The van der Waals surface area contributed by atoms with Crippen molar-refractivity contribution in [3.05, 3.63) is 76.7 Å². The van der Waals surface area contributed by atoms with E-state index >= 15 is 0 Å². The fraction of sp³-hybridized carbons (Fsp3) is 0.0556. The normalized spacial score (nSPS) is 15.6. The third kappa shape index (κ3) is 3.55. The van der Waals surface area contributed by atoms with E-state index in [0.717, 1.165) is 4.90 Å². The SMILES string of the molecule is O=C(O)c1ccc(/C=C2/NC(=O)N(Cc3ccc(F)cc3)C2=O)cc1. The zero-order chi connectivity index (χ0) is 18.0. The number of benzene rings is 2. The molecule has 1 aliphatic heterocycles. The highest BCUT2D eigenvalue weighted by molar-refractivity contribution is 6.13. The predicted molar refractivity (Wildman–Crippen MR) is 86.9 cm³/mol. The van der Waals surface area contributed by atoms with Crippen molar-refractivity contribution in [1.29, 1.82) is 0 Å². The van der Waals surface area contributed by atoms with E-state index < -0.39 is 23.7 Å². The third-order valence-electron chi connectivity index (χ3n) is 3.68. The first-order valence-electron chi connectivity index (χ1n) is 7.36. The van der Waals surface area contributed by atoms with E-state index in [0.29, 0.717) is 11.1 Å². The molecule has 2 aromatic rings. The van der Waals surface area contributed by atoms with E-state index in [-0.39, 0.29) is 17.8 Å². The molecule has 2 aromatic carbocycles. The highest BCUT2D eigenvalue weighted by atomic mass is 19.1. The number of aromatic carboxylic acids is 1. The van der Waals surface area contributed by atoms with E-state index in [1.54, 1.807) is 12.1 Å². The van der Waals surface area contributed by atoms with Gasteiger partial charge >= 0.3 is 12.0 Å². The molecule has 2 N–H and O–H groups in total. The summed E-state index contributed by atoms with van der Waals surface area (Å²) in [5, 5.41) is 11.4. The summed E-state index contributed by atoms with van der Waals surface area (Å²) in [5.74, 6) is -1.95. The Hall–Kier alpha value is -3.48. The molecule has 0 saturated carbocycles. The van der Waals surface area contributed by atoms with Crippen molar-refractivity contribution in [3.8, 4) is 0 Å². The standard InChI is InChI=1S/C18H13FN2O4/c19-14-7-3-12(4-8-14)10-21-16(22)15(20-18(21)25)9-11-1-5-13(6-2-11)17(23)24/h1-9H,10H2,(H,20,25)(H,23,24)/b15-9+. The lowest BCUT2D eigenvalue weighted by molar-refractivity contribution is -0.123. The molecule has 25 heavy (non-hydrogen) atoms. The number of imide groups is 1. The van der Waals surface area contributed by atoms with Crippen LogP contribution in [0.2, 0.25) is 0 Å². The van der Waals surface area contributed by atoms with Crippen LogP contribution < -0.4 is 5.32 Å². The Bertz CT molecular complexity index is 873. The Balaban J connectivity index is 1.78. The van der Waals surface area contributed by atoms with Gasteiger partial charge in [0.25, 0.3) is 5.91 Å². The molecule has 0 radical (unpaired) electrons. The van der Waals surface area contributed by atoms with Crippen LogP contribution in [0.15, 0.2) is 54.2 Å². The molecule has 1 fully saturated rings. The minimum atomic E-state index is -1.05. The Morgan fingerprint density at radius 1 is 1.08 bits per heavy atom. The van der Waals surface area contributed by atoms with Crippen molar-refractivity contribution in [2.45, 2.75) is 6.54 Å². The first kappa shape index (κ1) is 16.4. The monoisotopic (exact) mass is 340 g/mol. The number of halogens is 1. The quantitative estimate of drug-likeness (QED) is 0.662. The summed E-state index contributed by atoms with van der Waals surface area (Å²) < 4.78 is 12.9. The maximum atomic E-state index is 12.9. The number of carbonyl (C=O) groups is 3. The predicted octanol–water partition coefficient (Wildman–Crippen LogP) is 2.62. The molecular formula is C18H13FN2O4. The number of carbonyl (C=O) groups excluding carboxylic acids is 2. The minimum Gasteiger partial charge on any atom is -0.478 e. The number of urea groups is 1. The summed E-state index contributed by atoms with van der Waals surface area (Å²) in [6.07, 6.45) is 1.47. The summed E-state index contributed by atoms with van der Waals surface area (Å²) in [7, 11) is 0. The van der Waals surface area contributed by atoms with Gasteiger partial charge < -0.3 is 10.4 Å². The molecule has 126 valence electrons. The summed E-state index contributed by atoms with van der Waals surface area (Å²) >= 11 is 0. The zero-order valence-corrected chi connectivity index (χ0v) is 12.9. The van der Waals surface area contributed by atoms with Crippen LogP contribution in [0, 0.1) is 5.82 Å². The van der Waals surface area contributed by atoms with Gasteiger partial charge in [-0.05, 0) is 41.5 Å². The third-order valence-corrected chi connectivity index (χ3v) is 3.68. The smallest absolute Gasteiger partial charge is 0.335 e. The second-order valence-electron chi connectivity index (χ2n) is 5.43. The van der Waals surface area contributed by atoms with E-state index in [9.17, 15) is 18.8 Å². The lowest BCUT2D eigenvalue weighted by Gasteiger charge is -2.11. The van der Waals surface area contributed by atoms with Crippen molar-refractivity contribution in [3.63, 3.8) is 0 Å². The van der Waals surface area contributed by atoms with Gasteiger partial charge in [-0.3, -0.25) is 9.69 Å². The molecule has 1 saturated heterocycles. The number of nitrogens with one attached hydrogen (secondary N) is 1. The van der Waals surface area contributed by atoms with Crippen molar-refractivity contribution in [2.24, 2.45) is 0 Å². The molecular weight excluding hydrogens is 327 g/mol. The van der Waals surface area contributed by atoms with Crippen molar-refractivity contribution in [1.82, 2.24) is 10.2 Å². The molecule has 0 unspecified atom stereocenters. The average molecular weight is 340 g/mol. The highest BCUT2D eigenvalue weighted by Crippen LogP contribution is 2.17. The number of hydrogen-bond donors (Lipinski definition) is 2. The van der Waals surface area contributed by atoms with E-state index in [1.807, 2.05) is 0 Å². The first-order valence-corrected chi connectivity index (χ1v) is 7.36. The molecule has 1 heterocycles. The van der Waals surface area contributed by atoms with Crippen molar-refractivity contribution in [2.75, 3.05) is 0 Å². The molecule has 3 rings (SSSR count). The summed E-state index contributed by atoms with van der Waals surface area (Å²) in [5.41, 5.74) is 1.42. The van der Waals surface area contributed by atoms with Gasteiger partial charge in [0, 0.05) is 0 Å². The Morgan fingerprint density at radius 2 is 1.72 bits per heavy atom. The van der Waals surface area contributed by atoms with Gasteiger partial charge in [-0.25, -0.2) is 14.0 Å². The van der Waals surface area contributed by atoms with Gasteiger partial charge in [0.05, 0.1) is 12.1 Å². The van der Waals surface area contributed by atoms with Crippen LogP contribution in [0.1, 0.15) is 21.5 Å². The number of amides is 3. The van der Waals surface area contributed by atoms with Gasteiger partial charge in [-0.15, -0.1) is 0 Å². The number of carboxylic acid groups (broad SMARTS) is 1. The van der Waals surface area contributed by atoms with Gasteiger partial charge in [-0.2, -0.15) is 0 Å². The maximum absolute atomic E-state index is 12.9. The van der Waals surface area contributed by atoms with Gasteiger partial charge in [0.15, 0.2) is 0 Å². The topological polar surface area (TPSA) is 86.7 Å². The second-order valence-corrected chi connectivity index (χ2v) is 5.43. The second kappa shape index (κ2) is 6.56. The summed E-state index contributed by atoms with van der Waals surface area (Å²) in [4.78, 5) is 36.2. The number of hydrogen-bond acceptors (Lipinski definition) is 3. The van der Waals surface area contributed by atoms with Crippen molar-refractivity contribution < 1.29 is 23.9 Å². The van der Waals surface area contributed by atoms with E-state index in [2.05, 4.69) is 5.32 Å². The van der Waals surface area contributed by atoms with Crippen molar-refractivity contribution >= 4 is 24.0 Å². The minimum absolute atomic E-state index is 0.0280. The molecule has 0 atom stereocenters. The van der Waals surface area contributed by atoms with E-state index in [1.165, 1.54) is 42.5 Å². The molecule has 0 bridgehead atoms. The molecule has 0 aliphatic carbocycles. The van der Waals surface area contributed by atoms with Crippen LogP contribution in [-0.2, 0) is 11.3 Å². The molecule has 6 nitrogen and oxygen atoms in total. The maximum Gasteiger partial charge on any atom is 0.335 e. The zero-order valence-electron chi connectivity index (χ0n) is 12.9. The number of carboxylic acids is 1. The number of rotatable bonds is 4. The van der Waals surface area contributed by atoms with Crippen LogP contribution in [0.5, 0.6) is 0 Å². The highest BCUT2D eigenvalue weighted by Gasteiger charge is 2.33. The van der Waals surface area contributed by atoms with Crippen LogP contribution in [0.3, 0.4) is 0 Å². The van der Waals surface area contributed by atoms with Crippen LogP contribution >= 0.6 is 0 Å². The lowest BCUT2D eigenvalue weighted by Crippen LogP contribution is -2.30. The Labute approximate surface area is 142 Å². The van der Waals surface area contributed by atoms with Gasteiger partial charge in [0.2, 0.25) is 0 Å². The Morgan fingerprint density at radius 3 is 2.32 bits per heavy atom. The van der Waals surface area contributed by atoms with E-state index in [4.69, 9.17) is 5.11 Å². The molecule has 7 heteroatoms. The number of nitrogens with zero attached hydrogens (tertiary/aromatic N) is 1.